The Morgan fingerprint density at radius 3 is 2.61 bits per heavy atom. The first-order valence-electron chi connectivity index (χ1n) is 7.43. The van der Waals surface area contributed by atoms with E-state index in [1.165, 1.54) is 38.4 Å². The molecule has 1 N–H and O–H groups in total. The van der Waals surface area contributed by atoms with Gasteiger partial charge >= 0.3 is 0 Å². The van der Waals surface area contributed by atoms with Gasteiger partial charge in [-0.1, -0.05) is 0 Å². The molecule has 1 aliphatic heterocycles. The zero-order valence-electron chi connectivity index (χ0n) is 13.3. The van der Waals surface area contributed by atoms with E-state index in [-0.39, 0.29) is 23.5 Å². The Morgan fingerprint density at radius 1 is 1.35 bits per heavy atom. The highest BCUT2D eigenvalue weighted by Crippen LogP contribution is 2.18. The third-order valence-electron chi connectivity index (χ3n) is 3.52. The quantitative estimate of drug-likeness (QED) is 0.785. The maximum absolute atomic E-state index is 11.9. The van der Waals surface area contributed by atoms with Crippen molar-refractivity contribution < 1.29 is 22.7 Å². The molecule has 1 aromatic carbocycles. The van der Waals surface area contributed by atoms with Crippen molar-refractivity contribution in [1.82, 2.24) is 9.62 Å². The highest BCUT2D eigenvalue weighted by molar-refractivity contribution is 7.89. The van der Waals surface area contributed by atoms with Crippen molar-refractivity contribution in [2.75, 3.05) is 33.9 Å². The van der Waals surface area contributed by atoms with E-state index in [4.69, 9.17) is 9.47 Å². The predicted molar refractivity (Wildman–Crippen MR) is 84.8 cm³/mol. The maximum atomic E-state index is 11.9. The minimum absolute atomic E-state index is 0.0921. The van der Waals surface area contributed by atoms with Gasteiger partial charge in [0.1, 0.15) is 5.75 Å². The number of carbonyl (C=O) groups is 1. The van der Waals surface area contributed by atoms with Crippen LogP contribution in [0.2, 0.25) is 0 Å². The molecule has 1 atom stereocenters. The second-order valence-corrected chi connectivity index (χ2v) is 7.64. The van der Waals surface area contributed by atoms with Crippen molar-refractivity contribution >= 4 is 15.9 Å². The smallest absolute Gasteiger partial charge is 0.258 e. The summed E-state index contributed by atoms with van der Waals surface area (Å²) in [6.45, 7) is 1.12. The van der Waals surface area contributed by atoms with E-state index in [1.807, 2.05) is 0 Å². The van der Waals surface area contributed by atoms with Crippen LogP contribution < -0.4 is 10.1 Å². The van der Waals surface area contributed by atoms with E-state index in [0.717, 1.165) is 23.8 Å². The number of rotatable bonds is 7. The molecule has 1 fully saturated rings. The van der Waals surface area contributed by atoms with Crippen LogP contribution in [0, 0.1) is 0 Å². The van der Waals surface area contributed by atoms with Crippen molar-refractivity contribution in [1.29, 1.82) is 0 Å². The molecule has 1 heterocycles. The van der Waals surface area contributed by atoms with E-state index in [1.54, 1.807) is 0 Å². The zero-order chi connectivity index (χ0) is 16.9. The van der Waals surface area contributed by atoms with Gasteiger partial charge in [-0.2, -0.15) is 0 Å². The Labute approximate surface area is 136 Å². The zero-order valence-corrected chi connectivity index (χ0v) is 14.1. The Hall–Kier alpha value is -1.64. The lowest BCUT2D eigenvalue weighted by Gasteiger charge is -2.13. The SMILES string of the molecule is CN(C)S(=O)(=O)c1ccc(OCC(=O)NC[C@H]2CCCO2)cc1. The largest absolute Gasteiger partial charge is 0.484 e. The molecule has 0 aliphatic carbocycles. The lowest BCUT2D eigenvalue weighted by molar-refractivity contribution is -0.123. The Balaban J connectivity index is 1.80. The molecule has 0 saturated carbocycles. The van der Waals surface area contributed by atoms with Crippen LogP contribution in [0.15, 0.2) is 29.2 Å². The molecule has 23 heavy (non-hydrogen) atoms. The minimum Gasteiger partial charge on any atom is -0.484 e. The number of ether oxygens (including phenoxy) is 2. The monoisotopic (exact) mass is 342 g/mol. The first kappa shape index (κ1) is 17.7. The Kier molecular flexibility index (Phi) is 5.97. The van der Waals surface area contributed by atoms with E-state index in [2.05, 4.69) is 5.32 Å². The first-order chi connectivity index (χ1) is 10.9. The standard InChI is InChI=1S/C15H22N2O5S/c1-17(2)23(19,20)14-7-5-12(6-8-14)22-11-15(18)16-10-13-4-3-9-21-13/h5-8,13H,3-4,9-11H2,1-2H3,(H,16,18)/t13-/m1/s1. The highest BCUT2D eigenvalue weighted by atomic mass is 32.2. The summed E-state index contributed by atoms with van der Waals surface area (Å²) in [5.41, 5.74) is 0. The number of benzene rings is 1. The molecule has 2 rings (SSSR count). The fourth-order valence-electron chi connectivity index (χ4n) is 2.15. The summed E-state index contributed by atoms with van der Waals surface area (Å²) >= 11 is 0. The molecule has 1 aromatic rings. The molecule has 0 unspecified atom stereocenters. The van der Waals surface area contributed by atoms with Gasteiger partial charge in [-0.25, -0.2) is 12.7 Å². The molecular formula is C15H22N2O5S. The number of sulfonamides is 1. The molecule has 128 valence electrons. The molecule has 1 saturated heterocycles. The minimum atomic E-state index is -3.46. The van der Waals surface area contributed by atoms with Crippen LogP contribution in [-0.4, -0.2) is 58.6 Å². The topological polar surface area (TPSA) is 84.9 Å². The molecule has 0 bridgehead atoms. The number of amides is 1. The Bertz CT molecular complexity index is 622. The fourth-order valence-corrected chi connectivity index (χ4v) is 3.05. The number of hydrogen-bond acceptors (Lipinski definition) is 5. The highest BCUT2D eigenvalue weighted by Gasteiger charge is 2.17. The van der Waals surface area contributed by atoms with Crippen molar-refractivity contribution in [3.05, 3.63) is 24.3 Å². The number of nitrogens with zero attached hydrogens (tertiary/aromatic N) is 1. The third-order valence-corrected chi connectivity index (χ3v) is 5.35. The van der Waals surface area contributed by atoms with Crippen molar-refractivity contribution in [2.45, 2.75) is 23.8 Å². The van der Waals surface area contributed by atoms with Gasteiger partial charge in [-0.15, -0.1) is 0 Å². The van der Waals surface area contributed by atoms with E-state index < -0.39 is 10.0 Å². The van der Waals surface area contributed by atoms with Gasteiger partial charge in [-0.3, -0.25) is 4.79 Å². The van der Waals surface area contributed by atoms with Gasteiger partial charge in [0, 0.05) is 27.2 Å². The second kappa shape index (κ2) is 7.76. The molecule has 0 radical (unpaired) electrons. The Morgan fingerprint density at radius 2 is 2.04 bits per heavy atom. The van der Waals surface area contributed by atoms with E-state index >= 15 is 0 Å². The molecule has 1 amide bonds. The summed E-state index contributed by atoms with van der Waals surface area (Å²) < 4.78 is 35.8. The molecule has 0 aromatic heterocycles. The van der Waals surface area contributed by atoms with Crippen LogP contribution in [0.5, 0.6) is 5.75 Å². The number of carbonyl (C=O) groups excluding carboxylic acids is 1. The normalized spacial score (nSPS) is 18.1. The van der Waals surface area contributed by atoms with Gasteiger partial charge in [-0.05, 0) is 37.1 Å². The predicted octanol–water partition coefficient (Wildman–Crippen LogP) is 0.611. The van der Waals surface area contributed by atoms with E-state index in [0.29, 0.717) is 12.3 Å². The lowest BCUT2D eigenvalue weighted by atomic mass is 10.2. The van der Waals surface area contributed by atoms with Crippen LogP contribution >= 0.6 is 0 Å². The second-order valence-electron chi connectivity index (χ2n) is 5.49. The molecule has 0 spiro atoms. The lowest BCUT2D eigenvalue weighted by Crippen LogP contribution is -2.35. The van der Waals surface area contributed by atoms with Gasteiger partial charge in [0.25, 0.3) is 5.91 Å². The average molecular weight is 342 g/mol. The summed E-state index contributed by atoms with van der Waals surface area (Å²) in [6, 6.07) is 5.97. The van der Waals surface area contributed by atoms with Crippen LogP contribution in [0.1, 0.15) is 12.8 Å². The average Bonchev–Trinajstić information content (AvgIpc) is 3.04. The van der Waals surface area contributed by atoms with Gasteiger partial charge < -0.3 is 14.8 Å². The third kappa shape index (κ3) is 4.92. The van der Waals surface area contributed by atoms with Crippen molar-refractivity contribution in [2.24, 2.45) is 0 Å². The van der Waals surface area contributed by atoms with Gasteiger partial charge in [0.2, 0.25) is 10.0 Å². The summed E-state index contributed by atoms with van der Waals surface area (Å²) in [5.74, 6) is 0.209. The van der Waals surface area contributed by atoms with Crippen LogP contribution in [0.25, 0.3) is 0 Å². The van der Waals surface area contributed by atoms with E-state index in [9.17, 15) is 13.2 Å². The first-order valence-corrected chi connectivity index (χ1v) is 8.87. The molecule has 8 heteroatoms. The van der Waals surface area contributed by atoms with Gasteiger partial charge in [0.05, 0.1) is 11.0 Å². The summed E-state index contributed by atoms with van der Waals surface area (Å²) in [7, 11) is -0.518. The van der Waals surface area contributed by atoms with Gasteiger partial charge in [0.15, 0.2) is 6.61 Å². The summed E-state index contributed by atoms with van der Waals surface area (Å²) in [4.78, 5) is 11.9. The van der Waals surface area contributed by atoms with Crippen LogP contribution in [-0.2, 0) is 19.6 Å². The maximum Gasteiger partial charge on any atom is 0.258 e. The molecule has 7 nitrogen and oxygen atoms in total. The number of nitrogens with one attached hydrogen (secondary N) is 1. The van der Waals surface area contributed by atoms with Crippen LogP contribution in [0.4, 0.5) is 0 Å². The van der Waals surface area contributed by atoms with Crippen molar-refractivity contribution in [3.8, 4) is 5.75 Å². The fraction of sp³-hybridized carbons (Fsp3) is 0.533. The molecule has 1 aliphatic rings. The van der Waals surface area contributed by atoms with Crippen molar-refractivity contribution in [3.63, 3.8) is 0 Å². The van der Waals surface area contributed by atoms with Crippen LogP contribution in [0.3, 0.4) is 0 Å². The number of hydrogen-bond donors (Lipinski definition) is 1. The molecular weight excluding hydrogens is 320 g/mol. The summed E-state index contributed by atoms with van der Waals surface area (Å²) in [6.07, 6.45) is 2.08. The summed E-state index contributed by atoms with van der Waals surface area (Å²) in [5, 5.41) is 2.75.